The molecule has 3 aromatic rings. The van der Waals surface area contributed by atoms with Gasteiger partial charge in [0, 0.05) is 6.61 Å². The summed E-state index contributed by atoms with van der Waals surface area (Å²) in [5.74, 6) is 0.730. The van der Waals surface area contributed by atoms with Crippen molar-refractivity contribution in [3.8, 4) is 0 Å². The van der Waals surface area contributed by atoms with Crippen LogP contribution in [0.5, 0.6) is 0 Å². The molecule has 0 saturated carbocycles. The molecule has 4 nitrogen and oxygen atoms in total. The van der Waals surface area contributed by atoms with Crippen molar-refractivity contribution < 1.29 is 5.11 Å². The van der Waals surface area contributed by atoms with Gasteiger partial charge < -0.3 is 15.4 Å². The largest absolute Gasteiger partial charge is 0.396 e. The van der Waals surface area contributed by atoms with Crippen molar-refractivity contribution >= 4 is 17.0 Å². The number of aliphatic hydroxyl groups is 1. The second-order valence-electron chi connectivity index (χ2n) is 4.72. The Morgan fingerprint density at radius 1 is 1.05 bits per heavy atom. The maximum Gasteiger partial charge on any atom is 0.201 e. The van der Waals surface area contributed by atoms with Crippen LogP contribution in [-0.4, -0.2) is 21.7 Å². The Hall–Kier alpha value is -2.33. The molecule has 1 atom stereocenters. The molecule has 0 unspecified atom stereocenters. The zero-order chi connectivity index (χ0) is 13.8. The molecule has 4 heteroatoms. The number of rotatable bonds is 5. The van der Waals surface area contributed by atoms with Crippen LogP contribution in [0.4, 0.5) is 5.95 Å². The summed E-state index contributed by atoms with van der Waals surface area (Å²) in [6, 6.07) is 18.0. The van der Waals surface area contributed by atoms with Crippen LogP contribution in [0.1, 0.15) is 18.0 Å². The highest BCUT2D eigenvalue weighted by molar-refractivity contribution is 5.77. The summed E-state index contributed by atoms with van der Waals surface area (Å²) < 4.78 is 0. The fourth-order valence-electron chi connectivity index (χ4n) is 2.32. The molecule has 0 aliphatic carbocycles. The lowest BCUT2D eigenvalue weighted by atomic mass is 10.0. The number of anilines is 1. The van der Waals surface area contributed by atoms with E-state index in [0.717, 1.165) is 22.5 Å². The fraction of sp³-hybridized carbons (Fsp3) is 0.188. The highest BCUT2D eigenvalue weighted by Gasteiger charge is 2.12. The number of imidazole rings is 1. The maximum atomic E-state index is 9.25. The molecule has 0 spiro atoms. The second kappa shape index (κ2) is 5.75. The third kappa shape index (κ3) is 2.65. The predicted octanol–water partition coefficient (Wildman–Crippen LogP) is 3.10. The molecule has 0 saturated heterocycles. The van der Waals surface area contributed by atoms with E-state index in [1.165, 1.54) is 0 Å². The van der Waals surface area contributed by atoms with Crippen LogP contribution >= 0.6 is 0 Å². The van der Waals surface area contributed by atoms with E-state index in [9.17, 15) is 5.11 Å². The number of nitrogens with zero attached hydrogens (tertiary/aromatic N) is 1. The lowest BCUT2D eigenvalue weighted by Gasteiger charge is -2.17. The first-order valence-corrected chi connectivity index (χ1v) is 6.74. The molecule has 0 radical (unpaired) electrons. The van der Waals surface area contributed by atoms with Crippen molar-refractivity contribution in [3.63, 3.8) is 0 Å². The third-order valence-corrected chi connectivity index (χ3v) is 3.32. The van der Waals surface area contributed by atoms with Crippen LogP contribution < -0.4 is 5.32 Å². The zero-order valence-electron chi connectivity index (χ0n) is 11.1. The van der Waals surface area contributed by atoms with Crippen molar-refractivity contribution in [1.82, 2.24) is 9.97 Å². The minimum atomic E-state index is 0.0433. The average Bonchev–Trinajstić information content (AvgIpc) is 2.90. The number of H-pyrrole nitrogens is 1. The molecule has 1 aromatic heterocycles. The first kappa shape index (κ1) is 12.7. The Kier molecular flexibility index (Phi) is 3.65. The van der Waals surface area contributed by atoms with Gasteiger partial charge in [0.1, 0.15) is 0 Å². The van der Waals surface area contributed by atoms with E-state index in [1.807, 2.05) is 42.5 Å². The Balaban J connectivity index is 1.86. The number of nitrogens with one attached hydrogen (secondary N) is 2. The van der Waals surface area contributed by atoms with Crippen molar-refractivity contribution in [2.45, 2.75) is 12.5 Å². The SMILES string of the molecule is OCC[C@@H](Nc1nc2ccccc2[nH]1)c1ccccc1. The minimum absolute atomic E-state index is 0.0433. The summed E-state index contributed by atoms with van der Waals surface area (Å²) in [6.07, 6.45) is 0.640. The van der Waals surface area contributed by atoms with E-state index in [1.54, 1.807) is 0 Å². The monoisotopic (exact) mass is 267 g/mol. The number of aromatic nitrogens is 2. The van der Waals surface area contributed by atoms with Gasteiger partial charge in [0.15, 0.2) is 0 Å². The molecule has 0 aliphatic rings. The van der Waals surface area contributed by atoms with Crippen molar-refractivity contribution in [2.24, 2.45) is 0 Å². The van der Waals surface area contributed by atoms with E-state index in [-0.39, 0.29) is 12.6 Å². The minimum Gasteiger partial charge on any atom is -0.396 e. The molecule has 0 amide bonds. The van der Waals surface area contributed by atoms with E-state index < -0.39 is 0 Å². The average molecular weight is 267 g/mol. The van der Waals surface area contributed by atoms with Gasteiger partial charge in [0.2, 0.25) is 5.95 Å². The van der Waals surface area contributed by atoms with Crippen molar-refractivity contribution in [2.75, 3.05) is 11.9 Å². The quantitative estimate of drug-likeness (QED) is 0.665. The normalized spacial score (nSPS) is 12.4. The van der Waals surface area contributed by atoms with Crippen LogP contribution in [0.3, 0.4) is 0 Å². The molecule has 0 aliphatic heterocycles. The standard InChI is InChI=1S/C16H17N3O/c20-11-10-13(12-6-2-1-3-7-12)17-16-18-14-8-4-5-9-15(14)19-16/h1-9,13,20H,10-11H2,(H2,17,18,19)/t13-/m1/s1. The fourth-order valence-corrected chi connectivity index (χ4v) is 2.32. The molecular weight excluding hydrogens is 250 g/mol. The van der Waals surface area contributed by atoms with Crippen LogP contribution in [0.25, 0.3) is 11.0 Å². The highest BCUT2D eigenvalue weighted by atomic mass is 16.3. The van der Waals surface area contributed by atoms with Gasteiger partial charge in [-0.3, -0.25) is 0 Å². The predicted molar refractivity (Wildman–Crippen MR) is 80.6 cm³/mol. The molecular formula is C16H17N3O. The third-order valence-electron chi connectivity index (χ3n) is 3.32. The van der Waals surface area contributed by atoms with Crippen LogP contribution in [0.2, 0.25) is 0 Å². The topological polar surface area (TPSA) is 60.9 Å². The van der Waals surface area contributed by atoms with Crippen molar-refractivity contribution in [3.05, 3.63) is 60.2 Å². The Labute approximate surface area is 117 Å². The number of hydrogen-bond donors (Lipinski definition) is 3. The number of benzene rings is 2. The van der Waals surface area contributed by atoms with Gasteiger partial charge in [-0.25, -0.2) is 4.98 Å². The Bertz CT molecular complexity index is 645. The van der Waals surface area contributed by atoms with E-state index in [2.05, 4.69) is 27.4 Å². The summed E-state index contributed by atoms with van der Waals surface area (Å²) in [7, 11) is 0. The van der Waals surface area contributed by atoms with E-state index in [0.29, 0.717) is 6.42 Å². The summed E-state index contributed by atoms with van der Waals surface area (Å²) in [4.78, 5) is 7.76. The van der Waals surface area contributed by atoms with E-state index in [4.69, 9.17) is 0 Å². The number of hydrogen-bond acceptors (Lipinski definition) is 3. The molecule has 2 aromatic carbocycles. The zero-order valence-corrected chi connectivity index (χ0v) is 11.1. The second-order valence-corrected chi connectivity index (χ2v) is 4.72. The van der Waals surface area contributed by atoms with Gasteiger partial charge >= 0.3 is 0 Å². The molecule has 3 N–H and O–H groups in total. The molecule has 20 heavy (non-hydrogen) atoms. The lowest BCUT2D eigenvalue weighted by Crippen LogP contribution is -2.13. The Morgan fingerprint density at radius 2 is 1.80 bits per heavy atom. The molecule has 102 valence electrons. The number of aliphatic hydroxyl groups excluding tert-OH is 1. The van der Waals surface area contributed by atoms with Gasteiger partial charge in [-0.15, -0.1) is 0 Å². The molecule has 0 fully saturated rings. The van der Waals surface area contributed by atoms with Crippen LogP contribution in [0, 0.1) is 0 Å². The Morgan fingerprint density at radius 3 is 2.55 bits per heavy atom. The molecule has 3 rings (SSSR count). The summed E-state index contributed by atoms with van der Waals surface area (Å²) in [5.41, 5.74) is 3.08. The van der Waals surface area contributed by atoms with Crippen LogP contribution in [0.15, 0.2) is 54.6 Å². The first-order chi connectivity index (χ1) is 9.86. The van der Waals surface area contributed by atoms with Gasteiger partial charge in [-0.1, -0.05) is 42.5 Å². The number of para-hydroxylation sites is 2. The molecule has 0 bridgehead atoms. The lowest BCUT2D eigenvalue weighted by molar-refractivity contribution is 0.280. The first-order valence-electron chi connectivity index (χ1n) is 6.74. The van der Waals surface area contributed by atoms with Crippen molar-refractivity contribution in [1.29, 1.82) is 0 Å². The maximum absolute atomic E-state index is 9.25. The summed E-state index contributed by atoms with van der Waals surface area (Å²) >= 11 is 0. The summed E-state index contributed by atoms with van der Waals surface area (Å²) in [6.45, 7) is 0.132. The number of aromatic amines is 1. The van der Waals surface area contributed by atoms with Gasteiger partial charge in [-0.2, -0.15) is 0 Å². The van der Waals surface area contributed by atoms with Gasteiger partial charge in [-0.05, 0) is 24.1 Å². The van der Waals surface area contributed by atoms with Gasteiger partial charge in [0.25, 0.3) is 0 Å². The number of fused-ring (bicyclic) bond motifs is 1. The highest BCUT2D eigenvalue weighted by Crippen LogP contribution is 2.22. The molecule has 1 heterocycles. The smallest absolute Gasteiger partial charge is 0.201 e. The summed E-state index contributed by atoms with van der Waals surface area (Å²) in [5, 5.41) is 12.6. The van der Waals surface area contributed by atoms with Crippen LogP contribution in [-0.2, 0) is 0 Å². The van der Waals surface area contributed by atoms with E-state index >= 15 is 0 Å². The van der Waals surface area contributed by atoms with Gasteiger partial charge in [0.05, 0.1) is 17.1 Å².